The van der Waals surface area contributed by atoms with Crippen molar-refractivity contribution >= 4 is 32.7 Å². The maximum Gasteiger partial charge on any atom is 0.161 e. The number of nitrogens with two attached hydrogens (primary N) is 1. The van der Waals surface area contributed by atoms with Gasteiger partial charge in [0, 0.05) is 22.8 Å². The number of nitrogens with zero attached hydrogens (tertiary/aromatic N) is 3. The zero-order valence-corrected chi connectivity index (χ0v) is 11.8. The van der Waals surface area contributed by atoms with Crippen LogP contribution in [0.15, 0.2) is 41.0 Å². The van der Waals surface area contributed by atoms with E-state index in [2.05, 4.69) is 30.9 Å². The third-order valence-electron chi connectivity index (χ3n) is 2.86. The molecule has 0 saturated heterocycles. The van der Waals surface area contributed by atoms with Gasteiger partial charge in [0.25, 0.3) is 0 Å². The second kappa shape index (κ2) is 4.59. The smallest absolute Gasteiger partial charge is 0.161 e. The molecule has 0 aliphatic rings. The molecule has 0 saturated carbocycles. The number of pyridine rings is 1. The Morgan fingerprint density at radius 2 is 1.95 bits per heavy atom. The van der Waals surface area contributed by atoms with Crippen LogP contribution in [-0.4, -0.2) is 15.0 Å². The van der Waals surface area contributed by atoms with Crippen molar-refractivity contribution in [2.24, 2.45) is 0 Å². The number of rotatable bonds is 1. The Bertz CT molecular complexity index is 770. The first-order chi connectivity index (χ1) is 9.13. The second-order valence-electron chi connectivity index (χ2n) is 4.29. The number of aromatic nitrogens is 3. The summed E-state index contributed by atoms with van der Waals surface area (Å²) >= 11 is 3.29. The molecule has 0 spiro atoms. The predicted molar refractivity (Wildman–Crippen MR) is 79.6 cm³/mol. The summed E-state index contributed by atoms with van der Waals surface area (Å²) in [5.41, 5.74) is 8.68. The lowest BCUT2D eigenvalue weighted by atomic mass is 10.1. The van der Waals surface area contributed by atoms with Gasteiger partial charge in [-0.05, 0) is 47.1 Å². The van der Waals surface area contributed by atoms with Gasteiger partial charge in [0.1, 0.15) is 5.82 Å². The largest absolute Gasteiger partial charge is 0.383 e. The molecule has 0 aliphatic heterocycles. The Morgan fingerprint density at radius 3 is 2.74 bits per heavy atom. The van der Waals surface area contributed by atoms with E-state index >= 15 is 0 Å². The van der Waals surface area contributed by atoms with E-state index < -0.39 is 0 Å². The molecule has 0 amide bonds. The fourth-order valence-corrected chi connectivity index (χ4v) is 2.08. The Hall–Kier alpha value is -2.01. The quantitative estimate of drug-likeness (QED) is 0.748. The molecule has 5 heteroatoms. The molecular weight excluding hydrogens is 304 g/mol. The van der Waals surface area contributed by atoms with E-state index in [0.717, 1.165) is 22.2 Å². The molecule has 19 heavy (non-hydrogen) atoms. The zero-order chi connectivity index (χ0) is 13.4. The lowest BCUT2D eigenvalue weighted by Gasteiger charge is -2.04. The summed E-state index contributed by atoms with van der Waals surface area (Å²) in [5, 5.41) is 1.06. The summed E-state index contributed by atoms with van der Waals surface area (Å²) < 4.78 is 0.703. The first-order valence-electron chi connectivity index (χ1n) is 5.79. The van der Waals surface area contributed by atoms with E-state index in [1.807, 2.05) is 37.3 Å². The van der Waals surface area contributed by atoms with Crippen molar-refractivity contribution in [2.75, 3.05) is 5.73 Å². The number of benzene rings is 1. The third-order valence-corrected chi connectivity index (χ3v) is 3.47. The molecule has 3 rings (SSSR count). The van der Waals surface area contributed by atoms with Crippen molar-refractivity contribution in [3.8, 4) is 11.4 Å². The van der Waals surface area contributed by atoms with Crippen LogP contribution in [0.2, 0.25) is 0 Å². The number of nitrogen functional groups attached to an aromatic ring is 1. The molecule has 0 aliphatic carbocycles. The maximum absolute atomic E-state index is 5.78. The highest BCUT2D eigenvalue weighted by atomic mass is 79.9. The molecule has 0 bridgehead atoms. The highest BCUT2D eigenvalue weighted by Gasteiger charge is 2.06. The van der Waals surface area contributed by atoms with Gasteiger partial charge in [-0.3, -0.25) is 4.98 Å². The molecule has 94 valence electrons. The van der Waals surface area contributed by atoms with Crippen molar-refractivity contribution in [3.05, 3.63) is 46.7 Å². The van der Waals surface area contributed by atoms with Crippen LogP contribution in [0, 0.1) is 6.92 Å². The van der Waals surface area contributed by atoms with Crippen LogP contribution in [0.1, 0.15) is 5.69 Å². The van der Waals surface area contributed by atoms with Crippen LogP contribution in [0.25, 0.3) is 22.3 Å². The first kappa shape index (κ1) is 12.0. The monoisotopic (exact) mass is 314 g/mol. The van der Waals surface area contributed by atoms with E-state index in [-0.39, 0.29) is 0 Å². The number of anilines is 1. The summed E-state index contributed by atoms with van der Waals surface area (Å²) in [7, 11) is 0. The Morgan fingerprint density at radius 1 is 1.11 bits per heavy atom. The molecule has 2 N–H and O–H groups in total. The SMILES string of the molecule is Cc1ccc2cc(-c3ncc(Br)c(N)n3)ccc2n1. The summed E-state index contributed by atoms with van der Waals surface area (Å²) in [6.45, 7) is 1.98. The van der Waals surface area contributed by atoms with Crippen molar-refractivity contribution in [2.45, 2.75) is 6.92 Å². The highest BCUT2D eigenvalue weighted by molar-refractivity contribution is 9.10. The van der Waals surface area contributed by atoms with Gasteiger partial charge in [0.05, 0.1) is 9.99 Å². The van der Waals surface area contributed by atoms with Crippen LogP contribution >= 0.6 is 15.9 Å². The third kappa shape index (κ3) is 2.29. The topological polar surface area (TPSA) is 64.7 Å². The van der Waals surface area contributed by atoms with Gasteiger partial charge >= 0.3 is 0 Å². The fraction of sp³-hybridized carbons (Fsp3) is 0.0714. The fourth-order valence-electron chi connectivity index (χ4n) is 1.89. The van der Waals surface area contributed by atoms with Gasteiger partial charge < -0.3 is 5.73 Å². The van der Waals surface area contributed by atoms with Gasteiger partial charge in [-0.25, -0.2) is 9.97 Å². The number of fused-ring (bicyclic) bond motifs is 1. The van der Waals surface area contributed by atoms with Gasteiger partial charge in [0.15, 0.2) is 5.82 Å². The number of halogens is 1. The minimum atomic E-state index is 0.437. The van der Waals surface area contributed by atoms with Gasteiger partial charge in [-0.15, -0.1) is 0 Å². The lowest BCUT2D eigenvalue weighted by Crippen LogP contribution is -1.96. The summed E-state index contributed by atoms with van der Waals surface area (Å²) in [5.74, 6) is 1.05. The van der Waals surface area contributed by atoms with Crippen molar-refractivity contribution < 1.29 is 0 Å². The molecule has 0 fully saturated rings. The molecule has 3 aromatic rings. The minimum absolute atomic E-state index is 0.437. The predicted octanol–water partition coefficient (Wildman–Crippen LogP) is 3.34. The van der Waals surface area contributed by atoms with Gasteiger partial charge in [-0.2, -0.15) is 0 Å². The van der Waals surface area contributed by atoms with E-state index in [1.54, 1.807) is 6.20 Å². The first-order valence-corrected chi connectivity index (χ1v) is 6.58. The molecule has 2 heterocycles. The molecule has 0 atom stereocenters. The lowest BCUT2D eigenvalue weighted by molar-refractivity contribution is 1.17. The average Bonchev–Trinajstić information content (AvgIpc) is 2.41. The Balaban J connectivity index is 2.14. The summed E-state index contributed by atoms with van der Waals surface area (Å²) in [6, 6.07) is 9.98. The van der Waals surface area contributed by atoms with Gasteiger partial charge in [0.2, 0.25) is 0 Å². The summed E-state index contributed by atoms with van der Waals surface area (Å²) in [4.78, 5) is 13.0. The standard InChI is InChI=1S/C14H11BrN4/c1-8-2-3-9-6-10(4-5-12(9)18-8)14-17-7-11(15)13(16)19-14/h2-7H,1H3,(H2,16,17,19). The number of aryl methyl sites for hydroxylation is 1. The molecule has 4 nitrogen and oxygen atoms in total. The molecular formula is C14H11BrN4. The highest BCUT2D eigenvalue weighted by Crippen LogP contribution is 2.24. The maximum atomic E-state index is 5.78. The normalized spacial score (nSPS) is 10.8. The van der Waals surface area contributed by atoms with E-state index in [1.165, 1.54) is 0 Å². The Labute approximate surface area is 118 Å². The van der Waals surface area contributed by atoms with Crippen LogP contribution in [0.4, 0.5) is 5.82 Å². The van der Waals surface area contributed by atoms with Crippen molar-refractivity contribution in [1.29, 1.82) is 0 Å². The van der Waals surface area contributed by atoms with Crippen molar-refractivity contribution in [3.63, 3.8) is 0 Å². The molecule has 2 aromatic heterocycles. The Kier molecular flexibility index (Phi) is 2.91. The minimum Gasteiger partial charge on any atom is -0.383 e. The van der Waals surface area contributed by atoms with E-state index in [4.69, 9.17) is 5.73 Å². The number of hydrogen-bond acceptors (Lipinski definition) is 4. The zero-order valence-electron chi connectivity index (χ0n) is 10.3. The summed E-state index contributed by atoms with van der Waals surface area (Å²) in [6.07, 6.45) is 1.66. The molecule has 0 radical (unpaired) electrons. The van der Waals surface area contributed by atoms with E-state index in [9.17, 15) is 0 Å². The molecule has 0 unspecified atom stereocenters. The average molecular weight is 315 g/mol. The van der Waals surface area contributed by atoms with Crippen LogP contribution in [0.5, 0.6) is 0 Å². The van der Waals surface area contributed by atoms with Crippen LogP contribution < -0.4 is 5.73 Å². The van der Waals surface area contributed by atoms with Crippen molar-refractivity contribution in [1.82, 2.24) is 15.0 Å². The second-order valence-corrected chi connectivity index (χ2v) is 5.14. The van der Waals surface area contributed by atoms with E-state index in [0.29, 0.717) is 16.1 Å². The van der Waals surface area contributed by atoms with Crippen LogP contribution in [0.3, 0.4) is 0 Å². The molecule has 1 aromatic carbocycles. The van der Waals surface area contributed by atoms with Gasteiger partial charge in [-0.1, -0.05) is 6.07 Å². The number of hydrogen-bond donors (Lipinski definition) is 1. The van der Waals surface area contributed by atoms with Crippen LogP contribution in [-0.2, 0) is 0 Å².